The summed E-state index contributed by atoms with van der Waals surface area (Å²) in [5, 5.41) is 5.69. The van der Waals surface area contributed by atoms with Gasteiger partial charge in [0.25, 0.3) is 0 Å². The summed E-state index contributed by atoms with van der Waals surface area (Å²) in [5.74, 6) is 0. The Labute approximate surface area is 190 Å². The molecule has 0 unspecified atom stereocenters. The van der Waals surface area contributed by atoms with Gasteiger partial charge in [0.05, 0.1) is 11.2 Å². The van der Waals surface area contributed by atoms with Crippen LogP contribution in [0.4, 0.5) is 0 Å². The van der Waals surface area contributed by atoms with Crippen LogP contribution < -0.4 is 0 Å². The molecule has 2 heterocycles. The lowest BCUT2D eigenvalue weighted by molar-refractivity contribution is 0.670. The Hall–Kier alpha value is -4.50. The van der Waals surface area contributed by atoms with Crippen LogP contribution in [0, 0.1) is 0 Å². The number of para-hydroxylation sites is 2. The molecule has 0 saturated heterocycles. The summed E-state index contributed by atoms with van der Waals surface area (Å²) in [5.41, 5.74) is 6.87. The predicted octanol–water partition coefficient (Wildman–Crippen LogP) is 8.02. The molecule has 0 spiro atoms. The summed E-state index contributed by atoms with van der Waals surface area (Å²) in [6.07, 6.45) is 1.64. The number of rotatable bonds is 2. The third kappa shape index (κ3) is 2.76. The van der Waals surface area contributed by atoms with E-state index in [2.05, 4.69) is 94.9 Å². The van der Waals surface area contributed by atoms with Crippen LogP contribution in [0.3, 0.4) is 0 Å². The molecular formula is C30H18N2O. The van der Waals surface area contributed by atoms with Gasteiger partial charge in [-0.2, -0.15) is 0 Å². The van der Waals surface area contributed by atoms with E-state index in [-0.39, 0.29) is 0 Å². The van der Waals surface area contributed by atoms with Crippen LogP contribution in [0.25, 0.3) is 66.0 Å². The Kier molecular flexibility index (Phi) is 3.84. The average molecular weight is 422 g/mol. The first kappa shape index (κ1) is 18.1. The maximum absolute atomic E-state index is 6.27. The number of fused-ring (bicyclic) bond motifs is 5. The van der Waals surface area contributed by atoms with Gasteiger partial charge in [-0.05, 0) is 46.2 Å². The van der Waals surface area contributed by atoms with Crippen LogP contribution in [-0.4, -0.2) is 9.97 Å². The van der Waals surface area contributed by atoms with Crippen molar-refractivity contribution in [2.24, 2.45) is 0 Å². The molecule has 33 heavy (non-hydrogen) atoms. The molecule has 0 bridgehead atoms. The molecule has 2 aromatic heterocycles. The van der Waals surface area contributed by atoms with Crippen molar-refractivity contribution in [3.63, 3.8) is 0 Å². The summed E-state index contributed by atoms with van der Waals surface area (Å²) >= 11 is 0. The molecule has 0 saturated carbocycles. The molecular weight excluding hydrogens is 404 g/mol. The summed E-state index contributed by atoms with van der Waals surface area (Å²) in [6, 6.07) is 35.7. The third-order valence-electron chi connectivity index (χ3n) is 6.40. The molecule has 3 heteroatoms. The predicted molar refractivity (Wildman–Crippen MR) is 135 cm³/mol. The van der Waals surface area contributed by atoms with Gasteiger partial charge < -0.3 is 4.42 Å². The normalized spacial score (nSPS) is 11.6. The molecule has 154 valence electrons. The van der Waals surface area contributed by atoms with Crippen molar-refractivity contribution in [2.75, 3.05) is 0 Å². The zero-order chi connectivity index (χ0) is 21.8. The minimum absolute atomic E-state index is 0.858. The highest BCUT2D eigenvalue weighted by atomic mass is 16.3. The van der Waals surface area contributed by atoms with Gasteiger partial charge in [0.1, 0.15) is 17.5 Å². The molecule has 5 aromatic carbocycles. The van der Waals surface area contributed by atoms with E-state index in [1.165, 1.54) is 16.3 Å². The van der Waals surface area contributed by atoms with Crippen molar-refractivity contribution in [3.8, 4) is 22.4 Å². The highest BCUT2D eigenvalue weighted by Gasteiger charge is 2.15. The zero-order valence-corrected chi connectivity index (χ0v) is 17.7. The van der Waals surface area contributed by atoms with Gasteiger partial charge in [0.15, 0.2) is 0 Å². The van der Waals surface area contributed by atoms with E-state index in [0.717, 1.165) is 49.7 Å². The first-order chi connectivity index (χ1) is 16.4. The van der Waals surface area contributed by atoms with Gasteiger partial charge >= 0.3 is 0 Å². The lowest BCUT2D eigenvalue weighted by Crippen LogP contribution is -1.90. The van der Waals surface area contributed by atoms with Crippen LogP contribution in [0.1, 0.15) is 0 Å². The molecule has 0 aliphatic heterocycles. The van der Waals surface area contributed by atoms with E-state index < -0.39 is 0 Å². The first-order valence-electron chi connectivity index (χ1n) is 11.0. The van der Waals surface area contributed by atoms with Crippen LogP contribution in [0.15, 0.2) is 114 Å². The van der Waals surface area contributed by atoms with Crippen molar-refractivity contribution in [1.29, 1.82) is 0 Å². The number of hydrogen-bond acceptors (Lipinski definition) is 3. The fraction of sp³-hybridized carbons (Fsp3) is 0. The Morgan fingerprint density at radius 1 is 0.545 bits per heavy atom. The van der Waals surface area contributed by atoms with Gasteiger partial charge in [-0.15, -0.1) is 0 Å². The van der Waals surface area contributed by atoms with Crippen LogP contribution >= 0.6 is 0 Å². The summed E-state index contributed by atoms with van der Waals surface area (Å²) in [7, 11) is 0. The van der Waals surface area contributed by atoms with E-state index in [1.807, 2.05) is 18.2 Å². The van der Waals surface area contributed by atoms with Gasteiger partial charge in [-0.1, -0.05) is 78.9 Å². The van der Waals surface area contributed by atoms with Crippen LogP contribution in [-0.2, 0) is 0 Å². The SMILES string of the molecule is c1ccc2c(-c3ccc4c(-c5cccc6c5oc5ccccc56)ncnc4c3)cccc2c1. The summed E-state index contributed by atoms with van der Waals surface area (Å²) in [4.78, 5) is 9.29. The minimum Gasteiger partial charge on any atom is -0.455 e. The first-order valence-corrected chi connectivity index (χ1v) is 11.0. The molecule has 0 amide bonds. The largest absolute Gasteiger partial charge is 0.455 e. The van der Waals surface area contributed by atoms with Gasteiger partial charge in [-0.25, -0.2) is 9.97 Å². The zero-order valence-electron chi connectivity index (χ0n) is 17.7. The lowest BCUT2D eigenvalue weighted by Gasteiger charge is -2.10. The monoisotopic (exact) mass is 422 g/mol. The smallest absolute Gasteiger partial charge is 0.144 e. The number of hydrogen-bond donors (Lipinski definition) is 0. The van der Waals surface area contributed by atoms with Crippen molar-refractivity contribution in [1.82, 2.24) is 9.97 Å². The second-order valence-electron chi connectivity index (χ2n) is 8.26. The maximum atomic E-state index is 6.27. The van der Waals surface area contributed by atoms with Crippen LogP contribution in [0.5, 0.6) is 0 Å². The molecule has 0 aliphatic carbocycles. The quantitative estimate of drug-likeness (QED) is 0.283. The average Bonchev–Trinajstić information content (AvgIpc) is 3.27. The second-order valence-corrected chi connectivity index (χ2v) is 8.26. The van der Waals surface area contributed by atoms with Crippen molar-refractivity contribution in [3.05, 3.63) is 109 Å². The molecule has 0 N–H and O–H groups in total. The van der Waals surface area contributed by atoms with Gasteiger partial charge in [0.2, 0.25) is 0 Å². The van der Waals surface area contributed by atoms with E-state index in [1.54, 1.807) is 6.33 Å². The van der Waals surface area contributed by atoms with Crippen molar-refractivity contribution in [2.45, 2.75) is 0 Å². The van der Waals surface area contributed by atoms with Gasteiger partial charge in [-0.3, -0.25) is 0 Å². The standard InChI is InChI=1S/C30H18N2O/c1-2-9-21-19(7-1)8-5-11-22(21)20-15-16-25-27(17-20)31-18-32-29(25)26-13-6-12-24-23-10-3-4-14-28(23)33-30(24)26/h1-18H. The van der Waals surface area contributed by atoms with Crippen molar-refractivity contribution < 1.29 is 4.42 Å². The van der Waals surface area contributed by atoms with Crippen molar-refractivity contribution >= 4 is 43.6 Å². The van der Waals surface area contributed by atoms with E-state index >= 15 is 0 Å². The molecule has 7 rings (SSSR count). The number of nitrogens with zero attached hydrogens (tertiary/aromatic N) is 2. The van der Waals surface area contributed by atoms with E-state index in [9.17, 15) is 0 Å². The maximum Gasteiger partial charge on any atom is 0.144 e. The molecule has 3 nitrogen and oxygen atoms in total. The Morgan fingerprint density at radius 2 is 1.30 bits per heavy atom. The number of aromatic nitrogens is 2. The van der Waals surface area contributed by atoms with E-state index in [0.29, 0.717) is 0 Å². The summed E-state index contributed by atoms with van der Waals surface area (Å²) < 4.78 is 6.27. The summed E-state index contributed by atoms with van der Waals surface area (Å²) in [6.45, 7) is 0. The Morgan fingerprint density at radius 3 is 2.27 bits per heavy atom. The second kappa shape index (κ2) is 7.01. The number of furan rings is 1. The molecule has 7 aromatic rings. The highest BCUT2D eigenvalue weighted by molar-refractivity contribution is 6.11. The Balaban J connectivity index is 1.46. The Bertz CT molecular complexity index is 1830. The number of benzene rings is 5. The van der Waals surface area contributed by atoms with E-state index in [4.69, 9.17) is 4.42 Å². The topological polar surface area (TPSA) is 38.9 Å². The molecule has 0 aliphatic rings. The lowest BCUT2D eigenvalue weighted by atomic mass is 9.96. The highest BCUT2D eigenvalue weighted by Crippen LogP contribution is 2.38. The fourth-order valence-corrected chi connectivity index (χ4v) is 4.85. The molecule has 0 atom stereocenters. The van der Waals surface area contributed by atoms with Crippen LogP contribution in [0.2, 0.25) is 0 Å². The molecule has 0 radical (unpaired) electrons. The molecule has 0 fully saturated rings. The fourth-order valence-electron chi connectivity index (χ4n) is 4.85. The third-order valence-corrected chi connectivity index (χ3v) is 6.40. The van der Waals surface area contributed by atoms with Gasteiger partial charge in [0, 0.05) is 21.7 Å². The minimum atomic E-state index is 0.858.